The average Bonchev–Trinajstić information content (AvgIpc) is 2.97. The second-order valence-corrected chi connectivity index (χ2v) is 6.61. The highest BCUT2D eigenvalue weighted by Gasteiger charge is 2.28. The summed E-state index contributed by atoms with van der Waals surface area (Å²) in [6.07, 6.45) is 2.37. The first-order valence-electron chi connectivity index (χ1n) is 8.47. The maximum atomic E-state index is 12.5. The summed E-state index contributed by atoms with van der Waals surface area (Å²) < 4.78 is 0. The molecule has 3 amide bonds. The van der Waals surface area contributed by atoms with Gasteiger partial charge in [0.05, 0.1) is 0 Å². The molecular formula is C18H23N3O3. The molecule has 2 atom stereocenters. The summed E-state index contributed by atoms with van der Waals surface area (Å²) in [6.45, 7) is 2.89. The zero-order valence-corrected chi connectivity index (χ0v) is 13.9. The van der Waals surface area contributed by atoms with Crippen molar-refractivity contribution < 1.29 is 14.4 Å². The Kier molecular flexibility index (Phi) is 4.83. The lowest BCUT2D eigenvalue weighted by atomic mass is 10.0. The Morgan fingerprint density at radius 3 is 2.58 bits per heavy atom. The molecule has 2 N–H and O–H groups in total. The van der Waals surface area contributed by atoms with Crippen LogP contribution in [0.25, 0.3) is 0 Å². The Morgan fingerprint density at radius 2 is 1.96 bits per heavy atom. The highest BCUT2D eigenvalue weighted by Crippen LogP contribution is 2.22. The maximum Gasteiger partial charge on any atom is 0.245 e. The molecule has 128 valence electrons. The van der Waals surface area contributed by atoms with Crippen LogP contribution in [0.4, 0.5) is 0 Å². The van der Waals surface area contributed by atoms with Gasteiger partial charge in [-0.2, -0.15) is 0 Å². The summed E-state index contributed by atoms with van der Waals surface area (Å²) in [6, 6.07) is 7.30. The van der Waals surface area contributed by atoms with Gasteiger partial charge in [-0.05, 0) is 30.9 Å². The van der Waals surface area contributed by atoms with Gasteiger partial charge in [0, 0.05) is 32.0 Å². The summed E-state index contributed by atoms with van der Waals surface area (Å²) in [7, 11) is 0. The molecular weight excluding hydrogens is 306 g/mol. The van der Waals surface area contributed by atoms with Crippen molar-refractivity contribution in [2.45, 2.75) is 57.8 Å². The van der Waals surface area contributed by atoms with Crippen LogP contribution in [0, 0.1) is 0 Å². The number of rotatable bonds is 4. The number of carbonyl (C=O) groups excluding carboxylic acids is 3. The van der Waals surface area contributed by atoms with Gasteiger partial charge in [0.15, 0.2) is 0 Å². The summed E-state index contributed by atoms with van der Waals surface area (Å²) in [4.78, 5) is 37.8. The quantitative estimate of drug-likeness (QED) is 0.868. The number of benzene rings is 1. The molecule has 1 unspecified atom stereocenters. The molecule has 0 spiro atoms. The third-order valence-corrected chi connectivity index (χ3v) is 4.65. The largest absolute Gasteiger partial charge is 0.353 e. The highest BCUT2D eigenvalue weighted by atomic mass is 16.2. The van der Waals surface area contributed by atoms with E-state index in [-0.39, 0.29) is 30.2 Å². The van der Waals surface area contributed by atoms with Crippen LogP contribution in [-0.4, -0.2) is 34.7 Å². The van der Waals surface area contributed by atoms with Crippen molar-refractivity contribution in [2.24, 2.45) is 0 Å². The lowest BCUT2D eigenvalue weighted by Gasteiger charge is -2.25. The highest BCUT2D eigenvalue weighted by molar-refractivity contribution is 5.88. The first-order chi connectivity index (χ1) is 11.5. The molecule has 1 aromatic carbocycles. The molecule has 3 rings (SSSR count). The van der Waals surface area contributed by atoms with Crippen LogP contribution in [0.2, 0.25) is 0 Å². The number of nitrogens with zero attached hydrogens (tertiary/aromatic N) is 1. The van der Waals surface area contributed by atoms with Crippen LogP contribution in [0.5, 0.6) is 0 Å². The van der Waals surface area contributed by atoms with Gasteiger partial charge in [-0.3, -0.25) is 14.4 Å². The lowest BCUT2D eigenvalue weighted by Crippen LogP contribution is -2.48. The van der Waals surface area contributed by atoms with Crippen molar-refractivity contribution in [3.8, 4) is 0 Å². The third-order valence-electron chi connectivity index (χ3n) is 4.65. The van der Waals surface area contributed by atoms with Gasteiger partial charge in [-0.15, -0.1) is 0 Å². The first-order valence-corrected chi connectivity index (χ1v) is 8.47. The Balaban J connectivity index is 1.49. The molecule has 0 aliphatic carbocycles. The van der Waals surface area contributed by atoms with E-state index in [0.717, 1.165) is 24.0 Å². The lowest BCUT2D eigenvalue weighted by molar-refractivity contribution is -0.136. The molecule has 2 aliphatic rings. The van der Waals surface area contributed by atoms with Gasteiger partial charge >= 0.3 is 0 Å². The van der Waals surface area contributed by atoms with Crippen LogP contribution in [0.3, 0.4) is 0 Å². The third kappa shape index (κ3) is 3.75. The number of hydrogen-bond acceptors (Lipinski definition) is 3. The van der Waals surface area contributed by atoms with E-state index in [4.69, 9.17) is 0 Å². The molecule has 6 nitrogen and oxygen atoms in total. The van der Waals surface area contributed by atoms with Crippen molar-refractivity contribution in [2.75, 3.05) is 0 Å². The molecule has 0 saturated carbocycles. The van der Waals surface area contributed by atoms with E-state index in [1.807, 2.05) is 24.3 Å². The van der Waals surface area contributed by atoms with Crippen molar-refractivity contribution in [1.29, 1.82) is 0 Å². The van der Waals surface area contributed by atoms with Crippen LogP contribution in [-0.2, 0) is 27.5 Å². The standard InChI is InChI=1S/C18H23N3O3/c1-12(19-17(23)9-15-7-4-8-16(22)20-15)18(24)21-10-13-5-2-3-6-14(13)11-21/h2-3,5-6,12,15H,4,7-11H2,1H3,(H,19,23)(H,20,22)/t12-,15?/m0/s1. The molecule has 1 saturated heterocycles. The van der Waals surface area contributed by atoms with Crippen molar-refractivity contribution in [3.63, 3.8) is 0 Å². The molecule has 0 radical (unpaired) electrons. The average molecular weight is 329 g/mol. The van der Waals surface area contributed by atoms with Gasteiger partial charge in [-0.25, -0.2) is 0 Å². The normalized spacial score (nSPS) is 21.0. The zero-order valence-electron chi connectivity index (χ0n) is 13.9. The smallest absolute Gasteiger partial charge is 0.245 e. The molecule has 2 aliphatic heterocycles. The van der Waals surface area contributed by atoms with E-state index < -0.39 is 6.04 Å². The Bertz CT molecular complexity index is 634. The molecule has 0 bridgehead atoms. The van der Waals surface area contributed by atoms with Gasteiger partial charge < -0.3 is 15.5 Å². The zero-order chi connectivity index (χ0) is 17.1. The number of amides is 3. The SMILES string of the molecule is C[C@H](NC(=O)CC1CCCC(=O)N1)C(=O)N1Cc2ccccc2C1. The van der Waals surface area contributed by atoms with E-state index in [0.29, 0.717) is 19.5 Å². The monoisotopic (exact) mass is 329 g/mol. The van der Waals surface area contributed by atoms with Crippen LogP contribution in [0.1, 0.15) is 43.7 Å². The predicted octanol–water partition coefficient (Wildman–Crippen LogP) is 1.09. The Labute approximate surface area is 141 Å². The van der Waals surface area contributed by atoms with Gasteiger partial charge in [0.1, 0.15) is 6.04 Å². The minimum Gasteiger partial charge on any atom is -0.353 e. The van der Waals surface area contributed by atoms with Crippen molar-refractivity contribution in [1.82, 2.24) is 15.5 Å². The fourth-order valence-electron chi connectivity index (χ4n) is 3.38. The number of hydrogen-bond donors (Lipinski definition) is 2. The Morgan fingerprint density at radius 1 is 1.29 bits per heavy atom. The molecule has 24 heavy (non-hydrogen) atoms. The van der Waals surface area contributed by atoms with Gasteiger partial charge in [0.25, 0.3) is 0 Å². The van der Waals surface area contributed by atoms with Crippen LogP contribution >= 0.6 is 0 Å². The van der Waals surface area contributed by atoms with E-state index in [1.165, 1.54) is 0 Å². The minimum absolute atomic E-state index is 0.00185. The summed E-state index contributed by atoms with van der Waals surface area (Å²) >= 11 is 0. The minimum atomic E-state index is -0.564. The van der Waals surface area contributed by atoms with Crippen molar-refractivity contribution >= 4 is 17.7 Å². The molecule has 1 aromatic rings. The fourth-order valence-corrected chi connectivity index (χ4v) is 3.38. The second kappa shape index (κ2) is 7.03. The molecule has 0 aromatic heterocycles. The first kappa shape index (κ1) is 16.5. The van der Waals surface area contributed by atoms with Crippen molar-refractivity contribution in [3.05, 3.63) is 35.4 Å². The number of carbonyl (C=O) groups is 3. The summed E-state index contributed by atoms with van der Waals surface area (Å²) in [5.74, 6) is -0.273. The fraction of sp³-hybridized carbons (Fsp3) is 0.500. The molecule has 1 fully saturated rings. The van der Waals surface area contributed by atoms with Gasteiger partial charge in [0.2, 0.25) is 17.7 Å². The van der Waals surface area contributed by atoms with E-state index in [9.17, 15) is 14.4 Å². The Hall–Kier alpha value is -2.37. The van der Waals surface area contributed by atoms with E-state index in [1.54, 1.807) is 11.8 Å². The van der Waals surface area contributed by atoms with E-state index in [2.05, 4.69) is 10.6 Å². The van der Waals surface area contributed by atoms with Crippen LogP contribution in [0.15, 0.2) is 24.3 Å². The molecule has 2 heterocycles. The van der Waals surface area contributed by atoms with E-state index >= 15 is 0 Å². The number of nitrogens with one attached hydrogen (secondary N) is 2. The van der Waals surface area contributed by atoms with Gasteiger partial charge in [-0.1, -0.05) is 24.3 Å². The molecule has 6 heteroatoms. The maximum absolute atomic E-state index is 12.5. The second-order valence-electron chi connectivity index (χ2n) is 6.61. The number of piperidine rings is 1. The van der Waals surface area contributed by atoms with Crippen LogP contribution < -0.4 is 10.6 Å². The number of fused-ring (bicyclic) bond motifs is 1. The summed E-state index contributed by atoms with van der Waals surface area (Å²) in [5.41, 5.74) is 2.32. The topological polar surface area (TPSA) is 78.5 Å². The summed E-state index contributed by atoms with van der Waals surface area (Å²) in [5, 5.41) is 5.59. The predicted molar refractivity (Wildman–Crippen MR) is 88.7 cm³/mol.